The number of aliphatic imine (C=N–C) groups is 1. The first kappa shape index (κ1) is 33.9. The van der Waals surface area contributed by atoms with E-state index in [1.54, 1.807) is 0 Å². The number of amides is 2. The third-order valence-electron chi connectivity index (χ3n) is 6.33. The first-order valence-electron chi connectivity index (χ1n) is 12.6. The molecule has 1 aliphatic rings. The molecular weight excluding hydrogens is 608 g/mol. The molecule has 3 unspecified atom stereocenters. The number of nitrogens with one attached hydrogen (secondary N) is 4. The number of carbonyl (C=O) groups is 3. The lowest BCUT2D eigenvalue weighted by atomic mass is 9.89. The predicted molar refractivity (Wildman–Crippen MR) is 141 cm³/mol. The molecule has 0 aromatic heterocycles. The molecule has 0 aliphatic carbocycles. The highest BCUT2D eigenvalue weighted by Gasteiger charge is 2.52. The lowest BCUT2D eigenvalue weighted by Gasteiger charge is -2.29. The zero-order valence-electron chi connectivity index (χ0n) is 22.7. The summed E-state index contributed by atoms with van der Waals surface area (Å²) in [7, 11) is 0. The Morgan fingerprint density at radius 2 is 1.70 bits per heavy atom. The van der Waals surface area contributed by atoms with Crippen LogP contribution in [-0.4, -0.2) is 76.1 Å². The minimum Gasteiger partial charge on any atom is -0.508 e. The van der Waals surface area contributed by atoms with Crippen molar-refractivity contribution in [2.24, 2.45) is 4.99 Å². The summed E-state index contributed by atoms with van der Waals surface area (Å²) < 4.78 is 80.9. The molecule has 240 valence electrons. The number of halogens is 6. The molecule has 0 radical (unpaired) electrons. The third kappa shape index (κ3) is 8.73. The second kappa shape index (κ2) is 13.0. The molecule has 1 aliphatic heterocycles. The van der Waals surface area contributed by atoms with Gasteiger partial charge in [-0.3, -0.25) is 19.4 Å². The summed E-state index contributed by atoms with van der Waals surface area (Å²) in [6.45, 7) is -0.341. The largest absolute Gasteiger partial charge is 0.508 e. The Bertz CT molecular complexity index is 1450. The van der Waals surface area contributed by atoms with E-state index >= 15 is 0 Å². The Labute approximate surface area is 244 Å². The van der Waals surface area contributed by atoms with E-state index in [1.807, 2.05) is 0 Å². The second-order valence-electron chi connectivity index (χ2n) is 9.93. The van der Waals surface area contributed by atoms with E-state index in [4.69, 9.17) is 0 Å². The number of alkyl halides is 6. The van der Waals surface area contributed by atoms with Crippen molar-refractivity contribution in [2.75, 3.05) is 25.0 Å². The number of aromatic hydroxyl groups is 1. The number of benzene rings is 2. The monoisotopic (exact) mass is 635 g/mol. The van der Waals surface area contributed by atoms with Crippen LogP contribution in [0.2, 0.25) is 0 Å². The molecule has 44 heavy (non-hydrogen) atoms. The van der Waals surface area contributed by atoms with Gasteiger partial charge in [-0.15, -0.1) is 0 Å². The number of hydrogen-bond acceptors (Lipinski definition) is 9. The molecule has 0 fully saturated rings. The van der Waals surface area contributed by atoms with Crippen LogP contribution in [0.15, 0.2) is 41.4 Å². The Kier molecular flexibility index (Phi) is 9.99. The van der Waals surface area contributed by atoms with Crippen LogP contribution in [0, 0.1) is 0 Å². The third-order valence-corrected chi connectivity index (χ3v) is 6.33. The van der Waals surface area contributed by atoms with E-state index in [1.165, 1.54) is 12.1 Å². The topological polar surface area (TPSA) is 193 Å². The van der Waals surface area contributed by atoms with Crippen molar-refractivity contribution in [3.05, 3.63) is 58.7 Å². The molecule has 1 heterocycles. The highest BCUT2D eigenvalue weighted by molar-refractivity contribution is 6.00. The van der Waals surface area contributed by atoms with E-state index in [2.05, 4.69) is 26.3 Å². The lowest BCUT2D eigenvalue weighted by molar-refractivity contribution is -0.259. The summed E-state index contributed by atoms with van der Waals surface area (Å²) in [4.78, 5) is 40.7. The lowest BCUT2D eigenvalue weighted by Crippen LogP contribution is -2.42. The van der Waals surface area contributed by atoms with E-state index < -0.39 is 77.5 Å². The normalized spacial score (nSPS) is 17.4. The zero-order valence-corrected chi connectivity index (χ0v) is 22.7. The van der Waals surface area contributed by atoms with Gasteiger partial charge < -0.3 is 41.7 Å². The van der Waals surface area contributed by atoms with Gasteiger partial charge in [-0.05, 0) is 42.3 Å². The molecule has 2 amide bonds. The highest BCUT2D eigenvalue weighted by Crippen LogP contribution is 2.42. The van der Waals surface area contributed by atoms with Gasteiger partial charge in [0.15, 0.2) is 11.6 Å². The molecular formula is C26H27F6N5O7. The smallest absolute Gasteiger partial charge is 0.421 e. The van der Waals surface area contributed by atoms with Crippen molar-refractivity contribution in [2.45, 2.75) is 43.4 Å². The van der Waals surface area contributed by atoms with Crippen LogP contribution in [0.25, 0.3) is 0 Å². The zero-order chi connectivity index (χ0) is 33.0. The molecule has 12 nitrogen and oxygen atoms in total. The van der Waals surface area contributed by atoms with Gasteiger partial charge in [0.05, 0.1) is 37.2 Å². The van der Waals surface area contributed by atoms with E-state index in [0.29, 0.717) is 12.1 Å². The average molecular weight is 636 g/mol. The van der Waals surface area contributed by atoms with Gasteiger partial charge in [0, 0.05) is 23.9 Å². The molecule has 3 rings (SSSR count). The Balaban J connectivity index is 1.79. The van der Waals surface area contributed by atoms with E-state index in [-0.39, 0.29) is 49.0 Å². The van der Waals surface area contributed by atoms with Gasteiger partial charge in [-0.25, -0.2) is 0 Å². The maximum absolute atomic E-state index is 13.5. The van der Waals surface area contributed by atoms with Gasteiger partial charge in [-0.1, -0.05) is 6.07 Å². The highest BCUT2D eigenvalue weighted by atomic mass is 19.4. The maximum Gasteiger partial charge on any atom is 0.421 e. The van der Waals surface area contributed by atoms with Crippen LogP contribution in [0.1, 0.15) is 46.4 Å². The van der Waals surface area contributed by atoms with Gasteiger partial charge in [0.1, 0.15) is 5.75 Å². The van der Waals surface area contributed by atoms with Crippen LogP contribution >= 0.6 is 0 Å². The van der Waals surface area contributed by atoms with E-state index in [9.17, 15) is 61.2 Å². The van der Waals surface area contributed by atoms with Crippen molar-refractivity contribution in [1.82, 2.24) is 16.0 Å². The number of carboxylic acids is 1. The number of hydrogen-bond donors (Lipinski definition) is 8. The maximum atomic E-state index is 13.5. The number of carbonyl (C=O) groups excluding carboxylic acids is 2. The number of rotatable bonds is 9. The number of anilines is 1. The molecule has 2 aromatic rings. The van der Waals surface area contributed by atoms with Gasteiger partial charge in [0.2, 0.25) is 5.91 Å². The molecule has 3 atom stereocenters. The number of guanidine groups is 1. The van der Waals surface area contributed by atoms with Crippen molar-refractivity contribution in [1.29, 1.82) is 0 Å². The Morgan fingerprint density at radius 3 is 2.27 bits per heavy atom. The fraction of sp³-hybridized carbons (Fsp3) is 0.385. The standard InChI is InChI=1S/C26H27F6N5O7/c1-24(44,26(30,31)32)14-2-12(3-15(6-14)25(27,28)29)19(8-21(41)42)37-20(40)11-33-22(43)13-4-16(7-17(38)5-13)36-23-34-9-18(39)10-35-23/h2-7,18-19,38-39,44H,8-11H2,1H3,(H,33,43)(H,37,40)(H,41,42)(H2,34,35,36). The minimum absolute atomic E-state index is 0.0650. The average Bonchev–Trinajstić information content (AvgIpc) is 2.90. The Hall–Kier alpha value is -4.58. The summed E-state index contributed by atoms with van der Waals surface area (Å²) in [5.74, 6) is -3.79. The molecule has 2 aromatic carbocycles. The molecule has 18 heteroatoms. The number of phenolic OH excluding ortho intramolecular Hbond substituents is 1. The van der Waals surface area contributed by atoms with Crippen molar-refractivity contribution >= 4 is 29.4 Å². The number of phenols is 1. The summed E-state index contributed by atoms with van der Waals surface area (Å²) in [5.41, 5.74) is -7.30. The molecule has 0 saturated carbocycles. The SMILES string of the molecule is CC(O)(c1cc(C(CC(=O)O)NC(=O)CNC(=O)c2cc(O)cc(NC3=NCC(O)CN3)c2)cc(C(F)(F)F)c1)C(F)(F)F. The first-order valence-corrected chi connectivity index (χ1v) is 12.6. The van der Waals surface area contributed by atoms with Crippen molar-refractivity contribution < 1.29 is 61.2 Å². The molecule has 0 saturated heterocycles. The molecule has 0 spiro atoms. The van der Waals surface area contributed by atoms with Gasteiger partial charge in [0.25, 0.3) is 5.91 Å². The van der Waals surface area contributed by atoms with Crippen LogP contribution in [0.4, 0.5) is 32.0 Å². The van der Waals surface area contributed by atoms with Gasteiger partial charge in [-0.2, -0.15) is 26.3 Å². The van der Waals surface area contributed by atoms with Crippen LogP contribution in [0.3, 0.4) is 0 Å². The second-order valence-corrected chi connectivity index (χ2v) is 9.93. The van der Waals surface area contributed by atoms with Crippen molar-refractivity contribution in [3.63, 3.8) is 0 Å². The van der Waals surface area contributed by atoms with Crippen LogP contribution < -0.4 is 21.3 Å². The number of carboxylic acid groups (broad SMARTS) is 1. The number of aliphatic carboxylic acids is 1. The molecule has 8 N–H and O–H groups in total. The summed E-state index contributed by atoms with van der Waals surface area (Å²) in [6, 6.07) is 2.66. The van der Waals surface area contributed by atoms with Gasteiger partial charge >= 0.3 is 18.3 Å². The minimum atomic E-state index is -5.41. The van der Waals surface area contributed by atoms with Crippen LogP contribution in [0.5, 0.6) is 5.75 Å². The Morgan fingerprint density at radius 1 is 1.05 bits per heavy atom. The number of aliphatic hydroxyl groups is 2. The molecule has 0 bridgehead atoms. The quantitative estimate of drug-likeness (QED) is 0.190. The van der Waals surface area contributed by atoms with Crippen molar-refractivity contribution in [3.8, 4) is 5.75 Å². The number of nitrogens with zero attached hydrogens (tertiary/aromatic N) is 1. The fourth-order valence-corrected chi connectivity index (χ4v) is 3.96. The summed E-state index contributed by atoms with van der Waals surface area (Å²) in [6.07, 6.45) is -12.4. The summed E-state index contributed by atoms with van der Waals surface area (Å²) in [5, 5.41) is 48.6. The van der Waals surface area contributed by atoms with Crippen LogP contribution in [-0.2, 0) is 21.4 Å². The first-order chi connectivity index (χ1) is 20.3. The van der Waals surface area contributed by atoms with E-state index in [0.717, 1.165) is 6.07 Å². The number of β-amino-alcohol motifs (C(OH)–C–C–N with tert-alkyl or cyclic N) is 1. The number of aliphatic hydroxyl groups excluding tert-OH is 1. The summed E-state index contributed by atoms with van der Waals surface area (Å²) >= 11 is 0. The predicted octanol–water partition coefficient (Wildman–Crippen LogP) is 1.97. The fourth-order valence-electron chi connectivity index (χ4n) is 3.96.